The summed E-state index contributed by atoms with van der Waals surface area (Å²) >= 11 is 0. The molecule has 0 aliphatic heterocycles. The number of hydrogen-bond donors (Lipinski definition) is 3. The minimum absolute atomic E-state index is 0.0666. The molecule has 7 heteroatoms. The summed E-state index contributed by atoms with van der Waals surface area (Å²) in [5.41, 5.74) is 5.92. The molecule has 3 rings (SSSR count). The van der Waals surface area contributed by atoms with Crippen molar-refractivity contribution < 1.29 is 19.4 Å². The molecule has 0 unspecified atom stereocenters. The van der Waals surface area contributed by atoms with E-state index in [0.29, 0.717) is 17.9 Å². The standard InChI is InChI=1S/C20H17N3O4/c24-18-6-2-1-5-17(18)20(26)23-22-19(25)15-7-9-16(10-8-15)27-13-14-4-3-11-21-12-14/h1-12,24H,13H2,(H,22,25)(H,23,26). The van der Waals surface area contributed by atoms with Crippen molar-refractivity contribution in [1.29, 1.82) is 0 Å². The molecule has 0 saturated carbocycles. The molecule has 0 aliphatic rings. The number of nitrogens with one attached hydrogen (secondary N) is 2. The monoisotopic (exact) mass is 363 g/mol. The Labute approximate surface area is 155 Å². The first-order valence-corrected chi connectivity index (χ1v) is 8.14. The van der Waals surface area contributed by atoms with E-state index in [1.165, 1.54) is 12.1 Å². The first-order valence-electron chi connectivity index (χ1n) is 8.14. The van der Waals surface area contributed by atoms with Crippen molar-refractivity contribution in [3.63, 3.8) is 0 Å². The zero-order valence-corrected chi connectivity index (χ0v) is 14.3. The van der Waals surface area contributed by atoms with Crippen LogP contribution in [0.4, 0.5) is 0 Å². The highest BCUT2D eigenvalue weighted by Crippen LogP contribution is 2.15. The lowest BCUT2D eigenvalue weighted by atomic mass is 10.2. The van der Waals surface area contributed by atoms with Crippen LogP contribution in [0.25, 0.3) is 0 Å². The van der Waals surface area contributed by atoms with Crippen LogP contribution in [0, 0.1) is 0 Å². The lowest BCUT2D eigenvalue weighted by Crippen LogP contribution is -2.41. The minimum Gasteiger partial charge on any atom is -0.507 e. The maximum Gasteiger partial charge on any atom is 0.273 e. The van der Waals surface area contributed by atoms with Gasteiger partial charge in [-0.15, -0.1) is 0 Å². The van der Waals surface area contributed by atoms with Crippen LogP contribution < -0.4 is 15.6 Å². The molecule has 0 radical (unpaired) electrons. The maximum atomic E-state index is 12.1. The number of aromatic hydroxyl groups is 1. The SMILES string of the molecule is O=C(NNC(=O)c1ccccc1O)c1ccc(OCc2cccnc2)cc1. The molecular weight excluding hydrogens is 346 g/mol. The van der Waals surface area contributed by atoms with Crippen molar-refractivity contribution in [1.82, 2.24) is 15.8 Å². The second-order valence-electron chi connectivity index (χ2n) is 5.60. The Morgan fingerprint density at radius 2 is 1.67 bits per heavy atom. The number of pyridine rings is 1. The molecule has 1 heterocycles. The minimum atomic E-state index is -0.613. The van der Waals surface area contributed by atoms with Crippen LogP contribution in [0.3, 0.4) is 0 Å². The van der Waals surface area contributed by atoms with Crippen LogP contribution >= 0.6 is 0 Å². The molecule has 3 aromatic rings. The Kier molecular flexibility index (Phi) is 5.64. The molecule has 2 amide bonds. The summed E-state index contributed by atoms with van der Waals surface area (Å²) in [5, 5.41) is 9.64. The molecule has 27 heavy (non-hydrogen) atoms. The molecule has 0 spiro atoms. The predicted octanol–water partition coefficient (Wildman–Crippen LogP) is 2.44. The Morgan fingerprint density at radius 1 is 0.926 bits per heavy atom. The number of aromatic nitrogens is 1. The lowest BCUT2D eigenvalue weighted by molar-refractivity contribution is 0.0845. The number of benzene rings is 2. The van der Waals surface area contributed by atoms with E-state index >= 15 is 0 Å². The van der Waals surface area contributed by atoms with Crippen molar-refractivity contribution in [2.45, 2.75) is 6.61 Å². The number of phenols is 1. The van der Waals surface area contributed by atoms with E-state index in [1.54, 1.807) is 48.8 Å². The van der Waals surface area contributed by atoms with Gasteiger partial charge >= 0.3 is 0 Å². The van der Waals surface area contributed by atoms with Gasteiger partial charge in [0, 0.05) is 23.5 Å². The summed E-state index contributed by atoms with van der Waals surface area (Å²) in [6, 6.07) is 16.3. The topological polar surface area (TPSA) is 101 Å². The van der Waals surface area contributed by atoms with Crippen LogP contribution in [0.2, 0.25) is 0 Å². The van der Waals surface area contributed by atoms with Crippen LogP contribution in [-0.2, 0) is 6.61 Å². The predicted molar refractivity (Wildman–Crippen MR) is 98.1 cm³/mol. The van der Waals surface area contributed by atoms with Gasteiger partial charge in [-0.2, -0.15) is 0 Å². The smallest absolute Gasteiger partial charge is 0.273 e. The Bertz CT molecular complexity index is 927. The third kappa shape index (κ3) is 4.82. The summed E-state index contributed by atoms with van der Waals surface area (Å²) in [4.78, 5) is 28.1. The van der Waals surface area contributed by atoms with Crippen molar-refractivity contribution in [3.8, 4) is 11.5 Å². The third-order valence-corrected chi connectivity index (χ3v) is 3.68. The molecule has 0 saturated heterocycles. The van der Waals surface area contributed by atoms with E-state index in [2.05, 4.69) is 15.8 Å². The molecule has 0 fully saturated rings. The van der Waals surface area contributed by atoms with E-state index in [9.17, 15) is 14.7 Å². The molecule has 0 bridgehead atoms. The fourth-order valence-electron chi connectivity index (χ4n) is 2.27. The van der Waals surface area contributed by atoms with Gasteiger partial charge in [0.2, 0.25) is 0 Å². The molecule has 3 N–H and O–H groups in total. The summed E-state index contributed by atoms with van der Waals surface area (Å²) < 4.78 is 5.63. The average molecular weight is 363 g/mol. The number of nitrogens with zero attached hydrogens (tertiary/aromatic N) is 1. The highest BCUT2D eigenvalue weighted by Gasteiger charge is 2.12. The van der Waals surface area contributed by atoms with Crippen molar-refractivity contribution in [2.24, 2.45) is 0 Å². The van der Waals surface area contributed by atoms with Gasteiger partial charge in [0.05, 0.1) is 5.56 Å². The van der Waals surface area contributed by atoms with Gasteiger partial charge in [-0.05, 0) is 42.5 Å². The molecule has 7 nitrogen and oxygen atoms in total. The molecule has 0 aliphatic carbocycles. The Morgan fingerprint density at radius 3 is 2.37 bits per heavy atom. The van der Waals surface area contributed by atoms with Gasteiger partial charge in [0.25, 0.3) is 11.8 Å². The van der Waals surface area contributed by atoms with Gasteiger partial charge in [-0.1, -0.05) is 18.2 Å². The van der Waals surface area contributed by atoms with Gasteiger partial charge in [-0.3, -0.25) is 25.4 Å². The number of para-hydroxylation sites is 1. The summed E-state index contributed by atoms with van der Waals surface area (Å²) in [6.45, 7) is 0.371. The number of rotatable bonds is 5. The largest absolute Gasteiger partial charge is 0.507 e. The number of hydrazine groups is 1. The first-order chi connectivity index (χ1) is 13.1. The summed E-state index contributed by atoms with van der Waals surface area (Å²) in [7, 11) is 0. The van der Waals surface area contributed by atoms with Crippen molar-refractivity contribution >= 4 is 11.8 Å². The second kappa shape index (κ2) is 8.48. The highest BCUT2D eigenvalue weighted by molar-refractivity contribution is 6.00. The molecular formula is C20H17N3O4. The summed E-state index contributed by atoms with van der Waals surface area (Å²) in [6.07, 6.45) is 3.41. The normalized spacial score (nSPS) is 10.1. The fraction of sp³-hybridized carbons (Fsp3) is 0.0500. The van der Waals surface area contributed by atoms with E-state index in [-0.39, 0.29) is 11.3 Å². The Balaban J connectivity index is 1.53. The number of carbonyl (C=O) groups is 2. The number of carbonyl (C=O) groups excluding carboxylic acids is 2. The highest BCUT2D eigenvalue weighted by atomic mass is 16.5. The second-order valence-corrected chi connectivity index (χ2v) is 5.60. The van der Waals surface area contributed by atoms with E-state index < -0.39 is 11.8 Å². The molecule has 1 aromatic heterocycles. The van der Waals surface area contributed by atoms with Gasteiger partial charge in [0.15, 0.2) is 0 Å². The Hall–Kier alpha value is -3.87. The summed E-state index contributed by atoms with van der Waals surface area (Å²) in [5.74, 6) is -0.663. The lowest BCUT2D eigenvalue weighted by Gasteiger charge is -2.09. The molecule has 0 atom stereocenters. The van der Waals surface area contributed by atoms with Crippen LogP contribution in [0.15, 0.2) is 73.1 Å². The van der Waals surface area contributed by atoms with Crippen LogP contribution in [-0.4, -0.2) is 21.9 Å². The maximum absolute atomic E-state index is 12.1. The zero-order chi connectivity index (χ0) is 19.1. The van der Waals surface area contributed by atoms with Gasteiger partial charge in [0.1, 0.15) is 18.1 Å². The van der Waals surface area contributed by atoms with Gasteiger partial charge < -0.3 is 9.84 Å². The van der Waals surface area contributed by atoms with Crippen molar-refractivity contribution in [2.75, 3.05) is 0 Å². The zero-order valence-electron chi connectivity index (χ0n) is 14.3. The van der Waals surface area contributed by atoms with Crippen molar-refractivity contribution in [3.05, 3.63) is 89.7 Å². The molecule has 136 valence electrons. The molecule has 2 aromatic carbocycles. The van der Waals surface area contributed by atoms with E-state index in [4.69, 9.17) is 4.74 Å². The van der Waals surface area contributed by atoms with E-state index in [1.807, 2.05) is 12.1 Å². The van der Waals surface area contributed by atoms with Crippen LogP contribution in [0.5, 0.6) is 11.5 Å². The average Bonchev–Trinajstić information content (AvgIpc) is 2.72. The first kappa shape index (κ1) is 17.9. The fourth-order valence-corrected chi connectivity index (χ4v) is 2.27. The van der Waals surface area contributed by atoms with E-state index in [0.717, 1.165) is 5.56 Å². The van der Waals surface area contributed by atoms with Gasteiger partial charge in [-0.25, -0.2) is 0 Å². The third-order valence-electron chi connectivity index (χ3n) is 3.68. The number of hydrogen-bond acceptors (Lipinski definition) is 5. The van der Waals surface area contributed by atoms with Crippen LogP contribution in [0.1, 0.15) is 26.3 Å². The number of ether oxygens (including phenoxy) is 1. The number of amides is 2. The quantitative estimate of drug-likeness (QED) is 0.605. The number of phenolic OH excluding ortho intramolecular Hbond substituents is 1.